The van der Waals surface area contributed by atoms with Gasteiger partial charge in [-0.2, -0.15) is 0 Å². The minimum atomic E-state index is -0.285. The highest BCUT2D eigenvalue weighted by molar-refractivity contribution is 6.34. The number of carbonyl (C=O) groups excluding carboxylic acids is 1. The number of carbonyl (C=O) groups is 1. The van der Waals surface area contributed by atoms with Gasteiger partial charge in [0.05, 0.1) is 16.1 Å². The molecule has 4 aliphatic carbocycles. The molecule has 0 radical (unpaired) electrons. The molecule has 1 aromatic carbocycles. The predicted octanol–water partition coefficient (Wildman–Crippen LogP) is 5.47. The molecule has 1 N–H and O–H groups in total. The van der Waals surface area contributed by atoms with Crippen molar-refractivity contribution < 1.29 is 4.79 Å². The van der Waals surface area contributed by atoms with Gasteiger partial charge in [0.2, 0.25) is 5.91 Å². The Labute approximate surface area is 147 Å². The molecule has 1 aromatic rings. The van der Waals surface area contributed by atoms with Crippen LogP contribution in [0.3, 0.4) is 0 Å². The van der Waals surface area contributed by atoms with Crippen LogP contribution in [-0.2, 0) is 4.79 Å². The SMILES string of the molecule is Cc1cc(C)c(NC(=O)C23CC4CC(CC(Cl)(C4)C2)C3)c(Cl)c1. The summed E-state index contributed by atoms with van der Waals surface area (Å²) in [5, 5.41) is 3.78. The van der Waals surface area contributed by atoms with Gasteiger partial charge in [0.15, 0.2) is 0 Å². The topological polar surface area (TPSA) is 29.1 Å². The summed E-state index contributed by atoms with van der Waals surface area (Å²) in [5.41, 5.74) is 2.61. The molecule has 0 heterocycles. The molecular formula is C19H23Cl2NO. The van der Waals surface area contributed by atoms with Crippen molar-refractivity contribution in [2.24, 2.45) is 17.3 Å². The van der Waals surface area contributed by atoms with E-state index in [0.29, 0.717) is 16.9 Å². The van der Waals surface area contributed by atoms with E-state index in [1.54, 1.807) is 0 Å². The smallest absolute Gasteiger partial charge is 0.230 e. The number of hydrogen-bond donors (Lipinski definition) is 1. The highest BCUT2D eigenvalue weighted by Crippen LogP contribution is 2.64. The van der Waals surface area contributed by atoms with E-state index in [4.69, 9.17) is 23.2 Å². The van der Waals surface area contributed by atoms with Gasteiger partial charge in [-0.25, -0.2) is 0 Å². The first kappa shape index (κ1) is 15.8. The molecule has 0 aromatic heterocycles. The number of amides is 1. The zero-order valence-electron chi connectivity index (χ0n) is 13.7. The van der Waals surface area contributed by atoms with Gasteiger partial charge >= 0.3 is 0 Å². The van der Waals surface area contributed by atoms with Crippen LogP contribution >= 0.6 is 23.2 Å². The van der Waals surface area contributed by atoms with Crippen molar-refractivity contribution >= 4 is 34.8 Å². The molecule has 0 aliphatic heterocycles. The summed E-state index contributed by atoms with van der Waals surface area (Å²) in [4.78, 5) is 13.0. The van der Waals surface area contributed by atoms with Crippen molar-refractivity contribution in [2.75, 3.05) is 5.32 Å². The van der Waals surface area contributed by atoms with Crippen molar-refractivity contribution in [3.8, 4) is 0 Å². The maximum atomic E-state index is 13.2. The summed E-state index contributed by atoms with van der Waals surface area (Å²) in [5.74, 6) is 1.37. The molecule has 2 atom stereocenters. The maximum Gasteiger partial charge on any atom is 0.230 e. The lowest BCUT2D eigenvalue weighted by atomic mass is 9.49. The van der Waals surface area contributed by atoms with Crippen LogP contribution in [-0.4, -0.2) is 10.8 Å². The van der Waals surface area contributed by atoms with Crippen LogP contribution in [0, 0.1) is 31.1 Å². The summed E-state index contributed by atoms with van der Waals surface area (Å²) in [6, 6.07) is 3.97. The number of alkyl halides is 1. The van der Waals surface area contributed by atoms with Gasteiger partial charge < -0.3 is 5.32 Å². The summed E-state index contributed by atoms with van der Waals surface area (Å²) in [7, 11) is 0. The predicted molar refractivity (Wildman–Crippen MR) is 95.3 cm³/mol. The molecule has 2 nitrogen and oxygen atoms in total. The van der Waals surface area contributed by atoms with E-state index < -0.39 is 0 Å². The van der Waals surface area contributed by atoms with E-state index in [9.17, 15) is 4.79 Å². The summed E-state index contributed by atoms with van der Waals surface area (Å²) in [6.45, 7) is 4.01. The van der Waals surface area contributed by atoms with Crippen LogP contribution in [0.25, 0.3) is 0 Å². The molecule has 23 heavy (non-hydrogen) atoms. The fraction of sp³-hybridized carbons (Fsp3) is 0.632. The third-order valence-corrected chi connectivity index (χ3v) is 6.88. The second-order valence-electron chi connectivity index (χ2n) is 8.29. The van der Waals surface area contributed by atoms with Crippen LogP contribution in [0.1, 0.15) is 49.7 Å². The van der Waals surface area contributed by atoms with Gasteiger partial charge in [-0.1, -0.05) is 17.7 Å². The molecule has 5 rings (SSSR count). The molecule has 4 saturated carbocycles. The van der Waals surface area contributed by atoms with Gasteiger partial charge in [-0.05, 0) is 81.4 Å². The molecule has 2 unspecified atom stereocenters. The first-order valence-corrected chi connectivity index (χ1v) is 9.31. The third kappa shape index (κ3) is 2.59. The third-order valence-electron chi connectivity index (χ3n) is 6.14. The number of benzene rings is 1. The van der Waals surface area contributed by atoms with Crippen LogP contribution in [0.5, 0.6) is 0 Å². The first-order valence-electron chi connectivity index (χ1n) is 8.56. The van der Waals surface area contributed by atoms with Gasteiger partial charge in [0.25, 0.3) is 0 Å². The highest BCUT2D eigenvalue weighted by Gasteiger charge is 2.60. The molecule has 4 bridgehead atoms. The molecule has 4 aliphatic rings. The number of rotatable bonds is 2. The number of anilines is 1. The van der Waals surface area contributed by atoms with E-state index >= 15 is 0 Å². The molecular weight excluding hydrogens is 329 g/mol. The van der Waals surface area contributed by atoms with Crippen LogP contribution in [0.15, 0.2) is 12.1 Å². The lowest BCUT2D eigenvalue weighted by Gasteiger charge is -2.59. The standard InChI is InChI=1S/C19H23Cl2NO/c1-11-3-12(2)16(15(20)4-11)22-17(23)18-6-13-5-14(7-18)9-19(21,8-13)10-18/h3-4,13-14H,5-10H2,1-2H3,(H,22,23). The Morgan fingerprint density at radius 3 is 2.39 bits per heavy atom. The van der Waals surface area contributed by atoms with E-state index in [1.165, 1.54) is 6.42 Å². The molecule has 124 valence electrons. The van der Waals surface area contributed by atoms with Crippen molar-refractivity contribution in [1.82, 2.24) is 0 Å². The minimum Gasteiger partial charge on any atom is -0.324 e. The van der Waals surface area contributed by atoms with Crippen molar-refractivity contribution in [1.29, 1.82) is 0 Å². The Kier molecular flexibility index (Phi) is 3.52. The van der Waals surface area contributed by atoms with Crippen LogP contribution in [0.2, 0.25) is 5.02 Å². The van der Waals surface area contributed by atoms with E-state index in [2.05, 4.69) is 11.4 Å². The zero-order chi connectivity index (χ0) is 16.4. The fourth-order valence-corrected chi connectivity index (χ4v) is 6.80. The van der Waals surface area contributed by atoms with E-state index in [-0.39, 0.29) is 16.2 Å². The Balaban J connectivity index is 1.63. The van der Waals surface area contributed by atoms with Crippen molar-refractivity contribution in [3.05, 3.63) is 28.3 Å². The molecule has 1 amide bonds. The summed E-state index contributed by atoms with van der Waals surface area (Å²) in [6.07, 6.45) is 6.24. The number of nitrogens with one attached hydrogen (secondary N) is 1. The Hall–Kier alpha value is -0.730. The first-order chi connectivity index (χ1) is 10.8. The molecule has 0 saturated heterocycles. The van der Waals surface area contributed by atoms with Gasteiger partial charge in [-0.3, -0.25) is 4.79 Å². The van der Waals surface area contributed by atoms with Gasteiger partial charge in [-0.15, -0.1) is 11.6 Å². The van der Waals surface area contributed by atoms with Gasteiger partial charge in [0, 0.05) is 4.87 Å². The quantitative estimate of drug-likeness (QED) is 0.702. The number of hydrogen-bond acceptors (Lipinski definition) is 1. The summed E-state index contributed by atoms with van der Waals surface area (Å²) >= 11 is 13.2. The fourth-order valence-electron chi connectivity index (χ4n) is 5.74. The van der Waals surface area contributed by atoms with Crippen molar-refractivity contribution in [2.45, 2.75) is 57.2 Å². The lowest BCUT2D eigenvalue weighted by Crippen LogP contribution is -2.57. The monoisotopic (exact) mass is 351 g/mol. The number of aryl methyl sites for hydroxylation is 2. The molecule has 0 spiro atoms. The van der Waals surface area contributed by atoms with Crippen LogP contribution < -0.4 is 5.32 Å². The van der Waals surface area contributed by atoms with Gasteiger partial charge in [0.1, 0.15) is 0 Å². The highest BCUT2D eigenvalue weighted by atomic mass is 35.5. The van der Waals surface area contributed by atoms with Crippen LogP contribution in [0.4, 0.5) is 5.69 Å². The minimum absolute atomic E-state index is 0.130. The van der Waals surface area contributed by atoms with E-state index in [0.717, 1.165) is 48.9 Å². The second kappa shape index (κ2) is 5.13. The zero-order valence-corrected chi connectivity index (χ0v) is 15.2. The largest absolute Gasteiger partial charge is 0.324 e. The summed E-state index contributed by atoms with van der Waals surface area (Å²) < 4.78 is 0. The van der Waals surface area contributed by atoms with E-state index in [1.807, 2.05) is 19.9 Å². The maximum absolute atomic E-state index is 13.2. The Bertz CT molecular complexity index is 647. The molecule has 4 heteroatoms. The second-order valence-corrected chi connectivity index (χ2v) is 9.49. The Morgan fingerprint density at radius 1 is 1.17 bits per heavy atom. The number of halogens is 2. The lowest BCUT2D eigenvalue weighted by molar-refractivity contribution is -0.138. The normalized spacial score (nSPS) is 37.9. The molecule has 4 fully saturated rings. The van der Waals surface area contributed by atoms with Crippen molar-refractivity contribution in [3.63, 3.8) is 0 Å². The average molecular weight is 352 g/mol. The average Bonchev–Trinajstić information content (AvgIpc) is 2.39. The Morgan fingerprint density at radius 2 is 1.83 bits per heavy atom.